The Hall–Kier alpha value is -3.19. The number of hydrogen-bond acceptors (Lipinski definition) is 6. The Morgan fingerprint density at radius 1 is 1.15 bits per heavy atom. The van der Waals surface area contributed by atoms with Gasteiger partial charge in [0.15, 0.2) is 0 Å². The van der Waals surface area contributed by atoms with Crippen molar-refractivity contribution in [3.8, 4) is 17.2 Å². The van der Waals surface area contributed by atoms with Crippen LogP contribution in [0.5, 0.6) is 17.2 Å². The van der Waals surface area contributed by atoms with Crippen molar-refractivity contribution in [3.63, 3.8) is 0 Å². The van der Waals surface area contributed by atoms with Crippen LogP contribution in [-0.4, -0.2) is 25.2 Å². The quantitative estimate of drug-likeness (QED) is 0.678. The molecular weight excluding hydrogens is 362 g/mol. The molecule has 0 radical (unpaired) electrons. The topological polar surface area (TPSA) is 98.0 Å². The molecule has 3 aromatic rings. The Bertz CT molecular complexity index is 1060. The molecule has 1 amide bonds. The number of methoxy groups -OCH3 is 2. The fraction of sp³-hybridized carbons (Fsp3) is 0.111. The number of amides is 1. The van der Waals surface area contributed by atoms with Crippen molar-refractivity contribution < 1.29 is 23.8 Å². The summed E-state index contributed by atoms with van der Waals surface area (Å²) >= 11 is 5.84. The van der Waals surface area contributed by atoms with E-state index in [1.807, 2.05) is 0 Å². The zero-order valence-electron chi connectivity index (χ0n) is 13.8. The number of benzene rings is 2. The van der Waals surface area contributed by atoms with Gasteiger partial charge in [-0.3, -0.25) is 4.79 Å². The van der Waals surface area contributed by atoms with E-state index in [0.717, 1.165) is 6.07 Å². The second kappa shape index (κ2) is 6.97. The molecule has 2 aromatic carbocycles. The third-order valence-corrected chi connectivity index (χ3v) is 4.02. The Balaban J connectivity index is 2.06. The molecule has 0 saturated heterocycles. The summed E-state index contributed by atoms with van der Waals surface area (Å²) < 4.78 is 15.4. The monoisotopic (exact) mass is 375 g/mol. The second-order valence-corrected chi connectivity index (χ2v) is 5.71. The largest absolute Gasteiger partial charge is 0.506 e. The molecule has 26 heavy (non-hydrogen) atoms. The summed E-state index contributed by atoms with van der Waals surface area (Å²) in [5, 5.41) is 12.9. The van der Waals surface area contributed by atoms with Gasteiger partial charge in [0.25, 0.3) is 5.91 Å². The average Bonchev–Trinajstić information content (AvgIpc) is 2.63. The first-order valence-electron chi connectivity index (χ1n) is 7.42. The summed E-state index contributed by atoms with van der Waals surface area (Å²) in [7, 11) is 2.88. The average molecular weight is 376 g/mol. The van der Waals surface area contributed by atoms with E-state index < -0.39 is 11.5 Å². The van der Waals surface area contributed by atoms with Gasteiger partial charge in [0.05, 0.1) is 30.5 Å². The van der Waals surface area contributed by atoms with Gasteiger partial charge in [-0.25, -0.2) is 4.79 Å². The van der Waals surface area contributed by atoms with Gasteiger partial charge < -0.3 is 24.3 Å². The van der Waals surface area contributed by atoms with Gasteiger partial charge in [-0.05, 0) is 12.1 Å². The number of carbonyl (C=O) groups excluding carboxylic acids is 1. The molecule has 0 unspecified atom stereocenters. The maximum atomic E-state index is 12.7. The van der Waals surface area contributed by atoms with E-state index in [1.165, 1.54) is 32.4 Å². The fourth-order valence-electron chi connectivity index (χ4n) is 2.46. The molecule has 0 saturated carbocycles. The number of anilines is 1. The normalized spacial score (nSPS) is 10.6. The van der Waals surface area contributed by atoms with Crippen LogP contribution in [0.15, 0.2) is 45.6 Å². The molecule has 2 N–H and O–H groups in total. The lowest BCUT2D eigenvalue weighted by Crippen LogP contribution is -2.15. The van der Waals surface area contributed by atoms with Gasteiger partial charge in [0.2, 0.25) is 0 Å². The van der Waals surface area contributed by atoms with E-state index in [4.69, 9.17) is 25.5 Å². The van der Waals surface area contributed by atoms with Crippen molar-refractivity contribution in [1.82, 2.24) is 0 Å². The number of phenols is 1. The van der Waals surface area contributed by atoms with Crippen LogP contribution in [0, 0.1) is 0 Å². The van der Waals surface area contributed by atoms with Gasteiger partial charge in [-0.1, -0.05) is 11.6 Å². The number of fused-ring (bicyclic) bond motifs is 1. The van der Waals surface area contributed by atoms with Crippen LogP contribution < -0.4 is 20.4 Å². The van der Waals surface area contributed by atoms with Gasteiger partial charge in [0.1, 0.15) is 22.8 Å². The van der Waals surface area contributed by atoms with E-state index in [2.05, 4.69) is 5.32 Å². The van der Waals surface area contributed by atoms with E-state index in [9.17, 15) is 14.7 Å². The Morgan fingerprint density at radius 3 is 2.62 bits per heavy atom. The molecule has 0 aliphatic rings. The molecule has 0 fully saturated rings. The first-order valence-corrected chi connectivity index (χ1v) is 7.80. The third-order valence-electron chi connectivity index (χ3n) is 3.71. The van der Waals surface area contributed by atoms with E-state index in [1.54, 1.807) is 12.1 Å². The SMILES string of the molecule is COc1ccc2c(C(=O)Nc3cc(O)c(Cl)cc3OC)cc(=O)oc2c1. The van der Waals surface area contributed by atoms with E-state index in [-0.39, 0.29) is 33.4 Å². The highest BCUT2D eigenvalue weighted by atomic mass is 35.5. The minimum atomic E-state index is -0.679. The molecule has 0 atom stereocenters. The highest BCUT2D eigenvalue weighted by molar-refractivity contribution is 6.32. The van der Waals surface area contributed by atoms with E-state index in [0.29, 0.717) is 11.1 Å². The maximum Gasteiger partial charge on any atom is 0.337 e. The number of rotatable bonds is 4. The van der Waals surface area contributed by atoms with Gasteiger partial charge in [0, 0.05) is 29.7 Å². The summed E-state index contributed by atoms with van der Waals surface area (Å²) in [6, 6.07) is 8.50. The third kappa shape index (κ3) is 3.29. The van der Waals surface area contributed by atoms with Crippen molar-refractivity contribution in [2.75, 3.05) is 19.5 Å². The van der Waals surface area contributed by atoms with Crippen LogP contribution in [0.3, 0.4) is 0 Å². The first-order chi connectivity index (χ1) is 12.4. The number of carbonyl (C=O) groups is 1. The number of nitrogens with one attached hydrogen (secondary N) is 1. The molecule has 0 bridgehead atoms. The van der Waals surface area contributed by atoms with Crippen LogP contribution in [0.25, 0.3) is 11.0 Å². The number of hydrogen-bond donors (Lipinski definition) is 2. The van der Waals surface area contributed by atoms with Crippen molar-refractivity contribution in [2.24, 2.45) is 0 Å². The van der Waals surface area contributed by atoms with E-state index >= 15 is 0 Å². The summed E-state index contributed by atoms with van der Waals surface area (Å²) in [6.45, 7) is 0. The molecule has 0 aliphatic heterocycles. The molecule has 0 aliphatic carbocycles. The lowest BCUT2D eigenvalue weighted by Gasteiger charge is -2.12. The van der Waals surface area contributed by atoms with Crippen LogP contribution in [-0.2, 0) is 0 Å². The number of phenolic OH excluding ortho intramolecular Hbond substituents is 1. The minimum absolute atomic E-state index is 0.0812. The standard InChI is InChI=1S/C18H14ClNO6/c1-24-9-3-4-10-11(6-17(22)26-15(10)5-9)18(23)20-13-8-14(21)12(19)7-16(13)25-2/h3-8,21H,1-2H3,(H,20,23). The number of ether oxygens (including phenoxy) is 2. The summed E-state index contributed by atoms with van der Waals surface area (Å²) in [5.74, 6) is -0.0457. The van der Waals surface area contributed by atoms with Crippen LogP contribution in [0.4, 0.5) is 5.69 Å². The highest BCUT2D eigenvalue weighted by Gasteiger charge is 2.17. The lowest BCUT2D eigenvalue weighted by atomic mass is 10.1. The van der Waals surface area contributed by atoms with Gasteiger partial charge in [-0.15, -0.1) is 0 Å². The Morgan fingerprint density at radius 2 is 1.92 bits per heavy atom. The fourth-order valence-corrected chi connectivity index (χ4v) is 2.61. The first kappa shape index (κ1) is 17.6. The second-order valence-electron chi connectivity index (χ2n) is 5.30. The summed E-state index contributed by atoms with van der Waals surface area (Å²) in [6.07, 6.45) is 0. The minimum Gasteiger partial charge on any atom is -0.506 e. The Kier molecular flexibility index (Phi) is 4.73. The smallest absolute Gasteiger partial charge is 0.337 e. The van der Waals surface area contributed by atoms with Gasteiger partial charge in [-0.2, -0.15) is 0 Å². The number of aromatic hydroxyl groups is 1. The van der Waals surface area contributed by atoms with Crippen molar-refractivity contribution in [3.05, 3.63) is 57.4 Å². The van der Waals surface area contributed by atoms with Gasteiger partial charge >= 0.3 is 5.63 Å². The molecular formula is C18H14ClNO6. The molecule has 134 valence electrons. The predicted octanol–water partition coefficient (Wildman–Crippen LogP) is 3.42. The van der Waals surface area contributed by atoms with Crippen LogP contribution in [0.2, 0.25) is 5.02 Å². The van der Waals surface area contributed by atoms with Crippen molar-refractivity contribution >= 4 is 34.2 Å². The van der Waals surface area contributed by atoms with Crippen molar-refractivity contribution in [1.29, 1.82) is 0 Å². The van der Waals surface area contributed by atoms with Crippen LogP contribution in [0.1, 0.15) is 10.4 Å². The predicted molar refractivity (Wildman–Crippen MR) is 96.7 cm³/mol. The molecule has 1 heterocycles. The van der Waals surface area contributed by atoms with Crippen LogP contribution >= 0.6 is 11.6 Å². The molecule has 7 nitrogen and oxygen atoms in total. The molecule has 1 aromatic heterocycles. The lowest BCUT2D eigenvalue weighted by molar-refractivity contribution is 0.102. The highest BCUT2D eigenvalue weighted by Crippen LogP contribution is 2.35. The summed E-state index contributed by atoms with van der Waals surface area (Å²) in [4.78, 5) is 24.5. The zero-order valence-corrected chi connectivity index (χ0v) is 14.6. The zero-order chi connectivity index (χ0) is 18.8. The maximum absolute atomic E-state index is 12.7. The Labute approximate surface area is 152 Å². The molecule has 8 heteroatoms. The number of halogens is 1. The molecule has 0 spiro atoms. The molecule has 3 rings (SSSR count). The summed E-state index contributed by atoms with van der Waals surface area (Å²) in [5.41, 5.74) is -0.153. The van der Waals surface area contributed by atoms with Crippen molar-refractivity contribution in [2.45, 2.75) is 0 Å².